The number of hydrogen-bond acceptors (Lipinski definition) is 7. The van der Waals surface area contributed by atoms with Gasteiger partial charge in [-0.25, -0.2) is 4.79 Å². The highest BCUT2D eigenvalue weighted by Gasteiger charge is 2.28. The maximum atomic E-state index is 13.5. The van der Waals surface area contributed by atoms with Crippen molar-refractivity contribution in [3.05, 3.63) is 30.0 Å². The smallest absolute Gasteiger partial charge is 0.490 e. The summed E-state index contributed by atoms with van der Waals surface area (Å²) in [5, 5.41) is 2.54. The molecule has 0 atom stereocenters. The number of piperazine rings is 1. The summed E-state index contributed by atoms with van der Waals surface area (Å²) in [5.41, 5.74) is 1.69. The molecule has 1 aromatic carbocycles. The molecule has 2 fully saturated rings. The average Bonchev–Trinajstić information content (AvgIpc) is 3.23. The quantitative estimate of drug-likeness (QED) is 0.573. The molecule has 0 aliphatic carbocycles. The van der Waals surface area contributed by atoms with Crippen LogP contribution in [-0.2, 0) is 9.57 Å². The average molecular weight is 487 g/mol. The van der Waals surface area contributed by atoms with Gasteiger partial charge in [0, 0.05) is 49.2 Å². The number of benzene rings is 1. The summed E-state index contributed by atoms with van der Waals surface area (Å²) < 4.78 is 13.0. The number of piperidine rings is 1. The SMILES string of the molecule is COC(=O)ON1CCN(C(=O)c2cc3cc(OC4CCN(C(C)C)CC4)ccc3n2C(C)C)CC1. The zero-order chi connectivity index (χ0) is 25.1. The number of carbonyl (C=O) groups excluding carboxylic acids is 2. The van der Waals surface area contributed by atoms with Crippen molar-refractivity contribution in [3.63, 3.8) is 0 Å². The fourth-order valence-corrected chi connectivity index (χ4v) is 5.00. The van der Waals surface area contributed by atoms with Crippen LogP contribution in [-0.4, -0.2) is 90.0 Å². The molecule has 0 bridgehead atoms. The van der Waals surface area contributed by atoms with Crippen LogP contribution in [0.4, 0.5) is 4.79 Å². The molecule has 9 heteroatoms. The molecule has 2 aromatic rings. The number of hydrogen-bond donors (Lipinski definition) is 0. The normalized spacial score (nSPS) is 18.4. The van der Waals surface area contributed by atoms with Gasteiger partial charge in [0.15, 0.2) is 0 Å². The van der Waals surface area contributed by atoms with Crippen molar-refractivity contribution >= 4 is 23.0 Å². The fraction of sp³-hybridized carbons (Fsp3) is 0.615. The zero-order valence-corrected chi connectivity index (χ0v) is 21.5. The lowest BCUT2D eigenvalue weighted by atomic mass is 10.1. The summed E-state index contributed by atoms with van der Waals surface area (Å²) in [6.07, 6.45) is 1.53. The van der Waals surface area contributed by atoms with Gasteiger partial charge < -0.3 is 28.7 Å². The fourth-order valence-electron chi connectivity index (χ4n) is 5.00. The first-order valence-corrected chi connectivity index (χ1v) is 12.6. The minimum absolute atomic E-state index is 0.0175. The van der Waals surface area contributed by atoms with Crippen molar-refractivity contribution in [2.75, 3.05) is 46.4 Å². The maximum absolute atomic E-state index is 13.5. The molecule has 4 rings (SSSR count). The van der Waals surface area contributed by atoms with Crippen LogP contribution in [0.3, 0.4) is 0 Å². The Bertz CT molecular complexity index is 1030. The minimum atomic E-state index is -0.742. The van der Waals surface area contributed by atoms with Gasteiger partial charge in [-0.2, -0.15) is 0 Å². The monoisotopic (exact) mass is 486 g/mol. The molecule has 35 heavy (non-hydrogen) atoms. The lowest BCUT2D eigenvalue weighted by Gasteiger charge is -2.34. The molecule has 0 N–H and O–H groups in total. The Balaban J connectivity index is 1.47. The van der Waals surface area contributed by atoms with Gasteiger partial charge >= 0.3 is 6.16 Å². The van der Waals surface area contributed by atoms with Crippen LogP contribution in [0, 0.1) is 0 Å². The van der Waals surface area contributed by atoms with Crippen LogP contribution < -0.4 is 4.74 Å². The van der Waals surface area contributed by atoms with E-state index in [2.05, 4.69) is 54.0 Å². The van der Waals surface area contributed by atoms with Crippen LogP contribution >= 0.6 is 0 Å². The first-order chi connectivity index (χ1) is 16.8. The van der Waals surface area contributed by atoms with Gasteiger partial charge in [-0.15, -0.1) is 5.06 Å². The van der Waals surface area contributed by atoms with Gasteiger partial charge in [-0.3, -0.25) is 4.79 Å². The molecule has 9 nitrogen and oxygen atoms in total. The number of amides is 1. The molecule has 0 unspecified atom stereocenters. The van der Waals surface area contributed by atoms with E-state index in [1.807, 2.05) is 17.0 Å². The highest BCUT2D eigenvalue weighted by Crippen LogP contribution is 2.30. The van der Waals surface area contributed by atoms with Gasteiger partial charge in [0.05, 0.1) is 20.2 Å². The van der Waals surface area contributed by atoms with Crippen molar-refractivity contribution in [2.45, 2.75) is 58.7 Å². The van der Waals surface area contributed by atoms with E-state index >= 15 is 0 Å². The second kappa shape index (κ2) is 10.9. The van der Waals surface area contributed by atoms with E-state index in [0.717, 1.165) is 42.6 Å². The van der Waals surface area contributed by atoms with Gasteiger partial charge in [0.2, 0.25) is 0 Å². The standard InChI is InChI=1S/C26H38N4O5/c1-18(2)27-10-8-21(9-11-27)34-22-6-7-23-20(16-22)17-24(30(23)19(3)4)25(31)28-12-14-29(15-13-28)35-26(32)33-5/h6-7,16-19,21H,8-15H2,1-5H3. The minimum Gasteiger partial charge on any atom is -0.490 e. The van der Waals surface area contributed by atoms with Crippen molar-refractivity contribution in [2.24, 2.45) is 0 Å². The topological polar surface area (TPSA) is 76.5 Å². The molecule has 2 aliphatic heterocycles. The predicted molar refractivity (Wildman–Crippen MR) is 134 cm³/mol. The summed E-state index contributed by atoms with van der Waals surface area (Å²) >= 11 is 0. The van der Waals surface area contributed by atoms with Gasteiger partial charge in [-0.05, 0) is 64.8 Å². The summed E-state index contributed by atoms with van der Waals surface area (Å²) in [4.78, 5) is 34.2. The predicted octanol–water partition coefficient (Wildman–Crippen LogP) is 3.93. The second-order valence-electron chi connectivity index (χ2n) is 9.93. The van der Waals surface area contributed by atoms with Gasteiger partial charge in [0.1, 0.15) is 17.5 Å². The summed E-state index contributed by atoms with van der Waals surface area (Å²) in [5.74, 6) is 0.838. The van der Waals surface area contributed by atoms with E-state index in [9.17, 15) is 9.59 Å². The Morgan fingerprint density at radius 1 is 0.914 bits per heavy atom. The molecule has 0 radical (unpaired) electrons. The lowest BCUT2D eigenvalue weighted by molar-refractivity contribution is -0.139. The first kappa shape index (κ1) is 25.3. The molecule has 1 amide bonds. The molecular formula is C26H38N4O5. The number of carbonyl (C=O) groups is 2. The molecule has 2 saturated heterocycles. The number of fused-ring (bicyclic) bond motifs is 1. The Morgan fingerprint density at radius 2 is 1.60 bits per heavy atom. The van der Waals surface area contributed by atoms with E-state index < -0.39 is 6.16 Å². The largest absolute Gasteiger partial charge is 0.527 e. The molecule has 2 aliphatic rings. The number of methoxy groups -OCH3 is 1. The number of nitrogens with zero attached hydrogens (tertiary/aromatic N) is 4. The third-order valence-electron chi connectivity index (χ3n) is 6.95. The summed E-state index contributed by atoms with van der Waals surface area (Å²) in [6, 6.07) is 8.82. The molecule has 0 saturated carbocycles. The van der Waals surface area contributed by atoms with E-state index in [1.54, 1.807) is 0 Å². The molecule has 192 valence electrons. The van der Waals surface area contributed by atoms with Crippen molar-refractivity contribution < 1.29 is 23.9 Å². The van der Waals surface area contributed by atoms with Crippen LogP contribution in [0.1, 0.15) is 57.1 Å². The van der Waals surface area contributed by atoms with Crippen molar-refractivity contribution in [3.8, 4) is 5.75 Å². The van der Waals surface area contributed by atoms with Crippen LogP contribution in [0.25, 0.3) is 10.9 Å². The van der Waals surface area contributed by atoms with E-state index in [1.165, 1.54) is 12.2 Å². The van der Waals surface area contributed by atoms with Crippen molar-refractivity contribution in [1.29, 1.82) is 0 Å². The van der Waals surface area contributed by atoms with Crippen LogP contribution in [0.5, 0.6) is 5.75 Å². The number of aromatic nitrogens is 1. The highest BCUT2D eigenvalue weighted by atomic mass is 16.8. The van der Waals surface area contributed by atoms with Gasteiger partial charge in [0.25, 0.3) is 5.91 Å². The molecule has 0 spiro atoms. The third kappa shape index (κ3) is 5.73. The number of rotatable bonds is 6. The lowest BCUT2D eigenvalue weighted by Crippen LogP contribution is -2.49. The second-order valence-corrected chi connectivity index (χ2v) is 9.93. The van der Waals surface area contributed by atoms with Crippen LogP contribution in [0.2, 0.25) is 0 Å². The summed E-state index contributed by atoms with van der Waals surface area (Å²) in [7, 11) is 1.28. The van der Waals surface area contributed by atoms with Crippen LogP contribution in [0.15, 0.2) is 24.3 Å². The Hall–Kier alpha value is -2.78. The number of likely N-dealkylation sites (tertiary alicyclic amines) is 1. The number of ether oxygens (including phenoxy) is 2. The molecular weight excluding hydrogens is 448 g/mol. The van der Waals surface area contributed by atoms with E-state index in [-0.39, 0.29) is 18.1 Å². The van der Waals surface area contributed by atoms with E-state index in [4.69, 9.17) is 9.57 Å². The number of hydroxylamine groups is 2. The third-order valence-corrected chi connectivity index (χ3v) is 6.95. The molecule has 3 heterocycles. The maximum Gasteiger partial charge on any atom is 0.527 e. The summed E-state index contributed by atoms with van der Waals surface area (Å²) in [6.45, 7) is 12.6. The highest BCUT2D eigenvalue weighted by molar-refractivity contribution is 5.99. The Labute approximate surface area is 207 Å². The Kier molecular flexibility index (Phi) is 7.86. The van der Waals surface area contributed by atoms with Gasteiger partial charge in [-0.1, -0.05) is 0 Å². The Morgan fingerprint density at radius 3 is 2.20 bits per heavy atom. The molecule has 1 aromatic heterocycles. The first-order valence-electron chi connectivity index (χ1n) is 12.6. The van der Waals surface area contributed by atoms with Crippen molar-refractivity contribution in [1.82, 2.24) is 19.4 Å². The van der Waals surface area contributed by atoms with E-state index in [0.29, 0.717) is 37.9 Å². The zero-order valence-electron chi connectivity index (χ0n) is 21.5.